The van der Waals surface area contributed by atoms with Gasteiger partial charge >= 0.3 is 0 Å². The predicted molar refractivity (Wildman–Crippen MR) is 78.5 cm³/mol. The van der Waals surface area contributed by atoms with Crippen LogP contribution in [0.1, 0.15) is 23.6 Å². The van der Waals surface area contributed by atoms with Gasteiger partial charge in [-0.1, -0.05) is 36.4 Å². The van der Waals surface area contributed by atoms with Crippen molar-refractivity contribution < 1.29 is 4.74 Å². The minimum atomic E-state index is 0.412. The average molecular weight is 253 g/mol. The number of rotatable bonds is 2. The van der Waals surface area contributed by atoms with E-state index in [0.717, 1.165) is 18.8 Å². The fourth-order valence-electron chi connectivity index (χ4n) is 2.75. The minimum absolute atomic E-state index is 0.412. The molecule has 0 saturated heterocycles. The number of aryl methyl sites for hydroxylation is 1. The third kappa shape index (κ3) is 2.24. The van der Waals surface area contributed by atoms with E-state index in [-0.39, 0.29) is 0 Å². The van der Waals surface area contributed by atoms with E-state index in [1.807, 2.05) is 7.05 Å². The van der Waals surface area contributed by atoms with E-state index < -0.39 is 0 Å². The van der Waals surface area contributed by atoms with Gasteiger partial charge in [0.05, 0.1) is 6.61 Å². The highest BCUT2D eigenvalue weighted by Gasteiger charge is 2.20. The molecule has 0 aromatic heterocycles. The Hall–Kier alpha value is -1.80. The normalized spacial score (nSPS) is 17.7. The number of nitrogens with one attached hydrogen (secondary N) is 1. The summed E-state index contributed by atoms with van der Waals surface area (Å²) >= 11 is 0. The molecule has 1 aliphatic rings. The molecule has 0 amide bonds. The first kappa shape index (κ1) is 12.2. The summed E-state index contributed by atoms with van der Waals surface area (Å²) < 4.78 is 5.82. The van der Waals surface area contributed by atoms with Crippen LogP contribution in [0.4, 0.5) is 0 Å². The lowest BCUT2D eigenvalue weighted by Gasteiger charge is -2.26. The molecular weight excluding hydrogens is 234 g/mol. The molecule has 2 aromatic rings. The highest BCUT2D eigenvalue weighted by atomic mass is 16.5. The molecule has 1 unspecified atom stereocenters. The summed E-state index contributed by atoms with van der Waals surface area (Å²) in [7, 11) is 2.01. The molecule has 1 N–H and O–H groups in total. The highest BCUT2D eigenvalue weighted by Crippen LogP contribution is 2.35. The SMILES string of the molecule is CNC1CCOc2cc(-c3ccccc3C)ccc21. The van der Waals surface area contributed by atoms with Gasteiger partial charge in [-0.2, -0.15) is 0 Å². The lowest BCUT2D eigenvalue weighted by Crippen LogP contribution is -2.23. The van der Waals surface area contributed by atoms with Crippen LogP contribution in [0, 0.1) is 6.92 Å². The largest absolute Gasteiger partial charge is 0.493 e. The van der Waals surface area contributed by atoms with Crippen molar-refractivity contribution in [3.05, 3.63) is 53.6 Å². The van der Waals surface area contributed by atoms with Crippen LogP contribution in [0.25, 0.3) is 11.1 Å². The Bertz CT molecular complexity index is 592. The Morgan fingerprint density at radius 3 is 2.79 bits per heavy atom. The summed E-state index contributed by atoms with van der Waals surface area (Å²) in [6, 6.07) is 15.4. The van der Waals surface area contributed by atoms with Gasteiger partial charge in [0, 0.05) is 18.0 Å². The van der Waals surface area contributed by atoms with Crippen LogP contribution in [0.2, 0.25) is 0 Å². The molecule has 1 heterocycles. The topological polar surface area (TPSA) is 21.3 Å². The molecule has 2 aromatic carbocycles. The first-order valence-electron chi connectivity index (χ1n) is 6.79. The zero-order chi connectivity index (χ0) is 13.2. The molecule has 0 aliphatic carbocycles. The zero-order valence-electron chi connectivity index (χ0n) is 11.4. The van der Waals surface area contributed by atoms with Gasteiger partial charge < -0.3 is 10.1 Å². The van der Waals surface area contributed by atoms with Crippen LogP contribution in [0.3, 0.4) is 0 Å². The minimum Gasteiger partial charge on any atom is -0.493 e. The summed E-state index contributed by atoms with van der Waals surface area (Å²) in [6.45, 7) is 2.93. The molecule has 0 bridgehead atoms. The van der Waals surface area contributed by atoms with Crippen LogP contribution >= 0.6 is 0 Å². The number of benzene rings is 2. The monoisotopic (exact) mass is 253 g/mol. The number of hydrogen-bond acceptors (Lipinski definition) is 2. The Labute approximate surface area is 114 Å². The molecule has 2 nitrogen and oxygen atoms in total. The van der Waals surface area contributed by atoms with E-state index in [1.54, 1.807) is 0 Å². The lowest BCUT2D eigenvalue weighted by molar-refractivity contribution is 0.257. The fraction of sp³-hybridized carbons (Fsp3) is 0.294. The Kier molecular flexibility index (Phi) is 3.26. The Morgan fingerprint density at radius 1 is 1.16 bits per heavy atom. The van der Waals surface area contributed by atoms with Crippen molar-refractivity contribution >= 4 is 0 Å². The van der Waals surface area contributed by atoms with E-state index in [4.69, 9.17) is 4.74 Å². The molecule has 19 heavy (non-hydrogen) atoms. The van der Waals surface area contributed by atoms with Crippen molar-refractivity contribution in [2.24, 2.45) is 0 Å². The van der Waals surface area contributed by atoms with E-state index in [9.17, 15) is 0 Å². The molecule has 0 spiro atoms. The second-order valence-corrected chi connectivity index (χ2v) is 5.05. The van der Waals surface area contributed by atoms with E-state index >= 15 is 0 Å². The summed E-state index contributed by atoms with van der Waals surface area (Å²) in [5, 5.41) is 3.35. The van der Waals surface area contributed by atoms with Crippen molar-refractivity contribution in [1.29, 1.82) is 0 Å². The van der Waals surface area contributed by atoms with Gasteiger partial charge in [-0.15, -0.1) is 0 Å². The van der Waals surface area contributed by atoms with E-state index in [2.05, 4.69) is 54.7 Å². The maximum atomic E-state index is 5.82. The summed E-state index contributed by atoms with van der Waals surface area (Å²) in [6.07, 6.45) is 1.03. The molecule has 3 rings (SSSR count). The van der Waals surface area contributed by atoms with Crippen LogP contribution in [-0.4, -0.2) is 13.7 Å². The lowest BCUT2D eigenvalue weighted by atomic mass is 9.95. The van der Waals surface area contributed by atoms with Gasteiger partial charge in [0.2, 0.25) is 0 Å². The fourth-order valence-corrected chi connectivity index (χ4v) is 2.75. The maximum absolute atomic E-state index is 5.82. The van der Waals surface area contributed by atoms with Crippen LogP contribution in [0.15, 0.2) is 42.5 Å². The molecule has 0 radical (unpaired) electrons. The molecule has 98 valence electrons. The molecular formula is C17H19NO. The summed E-state index contributed by atoms with van der Waals surface area (Å²) in [5.74, 6) is 1.02. The molecule has 0 fully saturated rings. The van der Waals surface area contributed by atoms with Crippen LogP contribution in [-0.2, 0) is 0 Å². The van der Waals surface area contributed by atoms with Gasteiger partial charge in [0.15, 0.2) is 0 Å². The van der Waals surface area contributed by atoms with Gasteiger partial charge in [-0.05, 0) is 36.7 Å². The molecule has 2 heteroatoms. The number of fused-ring (bicyclic) bond motifs is 1. The quantitative estimate of drug-likeness (QED) is 0.881. The van der Waals surface area contributed by atoms with Crippen LogP contribution in [0.5, 0.6) is 5.75 Å². The van der Waals surface area contributed by atoms with Crippen molar-refractivity contribution in [2.45, 2.75) is 19.4 Å². The van der Waals surface area contributed by atoms with Gasteiger partial charge in [-0.25, -0.2) is 0 Å². The number of hydrogen-bond donors (Lipinski definition) is 1. The van der Waals surface area contributed by atoms with Crippen LogP contribution < -0.4 is 10.1 Å². The van der Waals surface area contributed by atoms with E-state index in [1.165, 1.54) is 22.3 Å². The van der Waals surface area contributed by atoms with Crippen molar-refractivity contribution in [3.63, 3.8) is 0 Å². The van der Waals surface area contributed by atoms with Crippen molar-refractivity contribution in [1.82, 2.24) is 5.32 Å². The summed E-state index contributed by atoms with van der Waals surface area (Å²) in [4.78, 5) is 0. The maximum Gasteiger partial charge on any atom is 0.124 e. The van der Waals surface area contributed by atoms with Gasteiger partial charge in [0.1, 0.15) is 5.75 Å². The smallest absolute Gasteiger partial charge is 0.124 e. The first-order valence-corrected chi connectivity index (χ1v) is 6.79. The second-order valence-electron chi connectivity index (χ2n) is 5.05. The molecule has 1 aliphatic heterocycles. The van der Waals surface area contributed by atoms with Crippen molar-refractivity contribution in [2.75, 3.05) is 13.7 Å². The standard InChI is InChI=1S/C17H19NO/c1-12-5-3-4-6-14(12)13-7-8-15-16(18-2)9-10-19-17(15)11-13/h3-8,11,16,18H,9-10H2,1-2H3. The summed E-state index contributed by atoms with van der Waals surface area (Å²) in [5.41, 5.74) is 5.07. The molecule has 1 atom stereocenters. The van der Waals surface area contributed by atoms with E-state index in [0.29, 0.717) is 6.04 Å². The van der Waals surface area contributed by atoms with Gasteiger partial charge in [0.25, 0.3) is 0 Å². The predicted octanol–water partition coefficient (Wildman–Crippen LogP) is 3.71. The van der Waals surface area contributed by atoms with Gasteiger partial charge in [-0.3, -0.25) is 0 Å². The number of ether oxygens (including phenoxy) is 1. The highest BCUT2D eigenvalue weighted by molar-refractivity contribution is 5.69. The average Bonchev–Trinajstić information content (AvgIpc) is 2.46. The molecule has 0 saturated carbocycles. The van der Waals surface area contributed by atoms with Crippen molar-refractivity contribution in [3.8, 4) is 16.9 Å². The Balaban J connectivity index is 2.05. The Morgan fingerprint density at radius 2 is 2.00 bits per heavy atom. The third-order valence-corrected chi connectivity index (χ3v) is 3.86. The first-order chi connectivity index (χ1) is 9.29. The zero-order valence-corrected chi connectivity index (χ0v) is 11.4. The second kappa shape index (κ2) is 5.06. The third-order valence-electron chi connectivity index (χ3n) is 3.86.